The molecule has 0 bridgehead atoms. The Kier molecular flexibility index (Phi) is 7.19. The Bertz CT molecular complexity index is 1400. The van der Waals surface area contributed by atoms with E-state index in [4.69, 9.17) is 25.8 Å². The molecule has 0 aliphatic rings. The summed E-state index contributed by atoms with van der Waals surface area (Å²) in [5.41, 5.74) is 2.35. The van der Waals surface area contributed by atoms with Crippen LogP contribution in [0, 0.1) is 11.3 Å². The summed E-state index contributed by atoms with van der Waals surface area (Å²) in [6.07, 6.45) is 0. The lowest BCUT2D eigenvalue weighted by Crippen LogP contribution is -2.10. The van der Waals surface area contributed by atoms with Crippen molar-refractivity contribution in [1.29, 1.82) is 5.26 Å². The first-order valence-electron chi connectivity index (χ1n) is 10.5. The maximum Gasteiger partial charge on any atom is 0.338 e. The molecule has 8 nitrogen and oxygen atoms in total. The Morgan fingerprint density at radius 3 is 2.60 bits per heavy atom. The molecule has 0 radical (unpaired) electrons. The summed E-state index contributed by atoms with van der Waals surface area (Å²) >= 11 is 5.90. The molecule has 176 valence electrons. The molecule has 0 saturated heterocycles. The molecule has 1 heterocycles. The van der Waals surface area contributed by atoms with Gasteiger partial charge in [-0.2, -0.15) is 5.26 Å². The number of aromatic amines is 1. The molecule has 0 fully saturated rings. The third kappa shape index (κ3) is 5.54. The van der Waals surface area contributed by atoms with Crippen LogP contribution < -0.4 is 9.47 Å². The van der Waals surface area contributed by atoms with Crippen molar-refractivity contribution in [3.63, 3.8) is 0 Å². The highest BCUT2D eigenvalue weighted by Gasteiger charge is 2.17. The van der Waals surface area contributed by atoms with Crippen molar-refractivity contribution >= 4 is 34.2 Å². The van der Waals surface area contributed by atoms with Crippen LogP contribution in [-0.2, 0) is 11.3 Å². The number of nitrogens with zero attached hydrogens (tertiary/aromatic N) is 2. The fourth-order valence-electron chi connectivity index (χ4n) is 3.27. The van der Waals surface area contributed by atoms with Gasteiger partial charge in [-0.15, -0.1) is 0 Å². The number of aromatic nitrogens is 2. The van der Waals surface area contributed by atoms with E-state index in [2.05, 4.69) is 9.97 Å². The quantitative estimate of drug-likeness (QED) is 0.192. The number of nitrogens with one attached hydrogen (secondary N) is 1. The Morgan fingerprint density at radius 2 is 1.89 bits per heavy atom. The van der Waals surface area contributed by atoms with E-state index in [1.54, 1.807) is 30.3 Å². The number of allylic oxidation sites excluding steroid dienone is 1. The maximum atomic E-state index is 12.6. The van der Waals surface area contributed by atoms with Crippen LogP contribution in [0.15, 0.2) is 72.5 Å². The number of fused-ring (bicyclic) bond motifs is 1. The lowest BCUT2D eigenvalue weighted by atomic mass is 10.2. The summed E-state index contributed by atoms with van der Waals surface area (Å²) in [5, 5.41) is 20.5. The molecule has 0 aliphatic heterocycles. The number of hydrogen-bond acceptors (Lipinski definition) is 7. The molecular formula is C26H20ClN3O5. The molecule has 35 heavy (non-hydrogen) atoms. The highest BCUT2D eigenvalue weighted by Crippen LogP contribution is 2.29. The van der Waals surface area contributed by atoms with Crippen LogP contribution in [0.5, 0.6) is 11.5 Å². The number of halogens is 1. The van der Waals surface area contributed by atoms with Crippen molar-refractivity contribution in [3.8, 4) is 17.6 Å². The van der Waals surface area contributed by atoms with E-state index >= 15 is 0 Å². The third-order valence-corrected chi connectivity index (χ3v) is 5.33. The van der Waals surface area contributed by atoms with E-state index in [0.717, 1.165) is 5.56 Å². The van der Waals surface area contributed by atoms with Gasteiger partial charge in [0.2, 0.25) is 0 Å². The van der Waals surface area contributed by atoms with Gasteiger partial charge < -0.3 is 24.3 Å². The van der Waals surface area contributed by atoms with E-state index in [1.807, 2.05) is 30.3 Å². The van der Waals surface area contributed by atoms with Gasteiger partial charge in [-0.05, 0) is 48.0 Å². The summed E-state index contributed by atoms with van der Waals surface area (Å²) in [6, 6.07) is 20.9. The van der Waals surface area contributed by atoms with Crippen molar-refractivity contribution in [3.05, 3.63) is 94.5 Å². The Hall–Kier alpha value is -4.48. The first-order valence-corrected chi connectivity index (χ1v) is 10.9. The van der Waals surface area contributed by atoms with E-state index in [-0.39, 0.29) is 23.6 Å². The zero-order valence-electron chi connectivity index (χ0n) is 18.6. The number of hydrogen-bond donors (Lipinski definition) is 2. The van der Waals surface area contributed by atoms with Gasteiger partial charge >= 0.3 is 5.97 Å². The lowest BCUT2D eigenvalue weighted by Gasteiger charge is -2.12. The number of imidazole rings is 1. The first kappa shape index (κ1) is 23.7. The summed E-state index contributed by atoms with van der Waals surface area (Å²) < 4.78 is 16.3. The average molecular weight is 490 g/mol. The van der Waals surface area contributed by atoms with Gasteiger partial charge in [0.05, 0.1) is 23.7 Å². The number of para-hydroxylation sites is 2. The summed E-state index contributed by atoms with van der Waals surface area (Å²) in [7, 11) is 1.46. The van der Waals surface area contributed by atoms with Gasteiger partial charge in [-0.25, -0.2) is 9.78 Å². The molecule has 0 aliphatic carbocycles. The third-order valence-electron chi connectivity index (χ3n) is 5.07. The summed E-state index contributed by atoms with van der Waals surface area (Å²) in [4.78, 5) is 19.8. The van der Waals surface area contributed by atoms with Gasteiger partial charge in [-0.3, -0.25) is 0 Å². The molecular weight excluding hydrogens is 470 g/mol. The van der Waals surface area contributed by atoms with E-state index < -0.39 is 18.3 Å². The van der Waals surface area contributed by atoms with Crippen molar-refractivity contribution < 1.29 is 24.1 Å². The molecule has 4 rings (SSSR count). The summed E-state index contributed by atoms with van der Waals surface area (Å²) in [5.74, 6) is -0.159. The molecule has 2 N–H and O–H groups in total. The molecule has 4 aromatic rings. The number of H-pyrrole nitrogens is 1. The molecule has 0 saturated carbocycles. The number of benzene rings is 3. The number of aliphatic hydroxyl groups is 1. The van der Waals surface area contributed by atoms with Crippen LogP contribution in [0.1, 0.15) is 21.7 Å². The predicted molar refractivity (Wildman–Crippen MR) is 130 cm³/mol. The van der Waals surface area contributed by atoms with Gasteiger partial charge in [0.25, 0.3) is 0 Å². The fraction of sp³-hybridized carbons (Fsp3) is 0.115. The van der Waals surface area contributed by atoms with Crippen molar-refractivity contribution in [2.45, 2.75) is 6.61 Å². The standard InChI is InChI=1S/C26H20ClN3O5/c1-33-24-12-17(8-11-23(24)34-14-16-6-9-18(27)10-7-16)26(32)35-15-22(31)19(13-28)25-29-20-4-2-3-5-21(20)30-25/h2-12,31H,14-15H2,1H3,(H,29,30)/b22-19-. The highest BCUT2D eigenvalue weighted by molar-refractivity contribution is 6.30. The number of methoxy groups -OCH3 is 1. The van der Waals surface area contributed by atoms with Crippen LogP contribution in [-0.4, -0.2) is 34.8 Å². The minimum Gasteiger partial charge on any atom is -0.507 e. The maximum absolute atomic E-state index is 12.6. The van der Waals surface area contributed by atoms with Crippen molar-refractivity contribution in [2.75, 3.05) is 13.7 Å². The van der Waals surface area contributed by atoms with Crippen molar-refractivity contribution in [1.82, 2.24) is 9.97 Å². The zero-order valence-corrected chi connectivity index (χ0v) is 19.4. The van der Waals surface area contributed by atoms with E-state index in [0.29, 0.717) is 27.6 Å². The smallest absolute Gasteiger partial charge is 0.338 e. The minimum atomic E-state index is -0.707. The van der Waals surface area contributed by atoms with Gasteiger partial charge in [0.15, 0.2) is 23.1 Å². The Balaban J connectivity index is 1.43. The highest BCUT2D eigenvalue weighted by atomic mass is 35.5. The number of carbonyl (C=O) groups excluding carboxylic acids is 1. The molecule has 0 amide bonds. The second-order valence-electron chi connectivity index (χ2n) is 7.39. The van der Waals surface area contributed by atoms with Crippen LogP contribution in [0.25, 0.3) is 16.6 Å². The second kappa shape index (κ2) is 10.6. The molecule has 0 unspecified atom stereocenters. The molecule has 1 aromatic heterocycles. The van der Waals surface area contributed by atoms with Gasteiger partial charge in [0, 0.05) is 5.02 Å². The second-order valence-corrected chi connectivity index (χ2v) is 7.83. The molecule has 0 spiro atoms. The number of ether oxygens (including phenoxy) is 3. The number of carbonyl (C=O) groups is 1. The monoisotopic (exact) mass is 489 g/mol. The van der Waals surface area contributed by atoms with Crippen LogP contribution in [0.2, 0.25) is 5.02 Å². The van der Waals surface area contributed by atoms with Crippen LogP contribution in [0.3, 0.4) is 0 Å². The number of aliphatic hydroxyl groups excluding tert-OH is 1. The Morgan fingerprint density at radius 1 is 1.11 bits per heavy atom. The fourth-order valence-corrected chi connectivity index (χ4v) is 3.40. The minimum absolute atomic E-state index is 0.113. The lowest BCUT2D eigenvalue weighted by molar-refractivity contribution is 0.0502. The largest absolute Gasteiger partial charge is 0.507 e. The predicted octanol–water partition coefficient (Wildman–Crippen LogP) is 5.45. The SMILES string of the molecule is COc1cc(C(=O)OC/C(O)=C(\C#N)c2nc3ccccc3[nH]2)ccc1OCc1ccc(Cl)cc1. The van der Waals surface area contributed by atoms with Gasteiger partial charge in [0.1, 0.15) is 24.9 Å². The molecule has 0 atom stereocenters. The molecule has 9 heteroatoms. The average Bonchev–Trinajstić information content (AvgIpc) is 3.31. The molecule has 3 aromatic carbocycles. The van der Waals surface area contributed by atoms with E-state index in [1.165, 1.54) is 19.2 Å². The van der Waals surface area contributed by atoms with Crippen LogP contribution in [0.4, 0.5) is 0 Å². The number of rotatable bonds is 8. The normalized spacial score (nSPS) is 11.5. The Labute approximate surface area is 206 Å². The van der Waals surface area contributed by atoms with Crippen molar-refractivity contribution in [2.24, 2.45) is 0 Å². The van der Waals surface area contributed by atoms with Crippen LogP contribution >= 0.6 is 11.6 Å². The topological polar surface area (TPSA) is 117 Å². The zero-order chi connectivity index (χ0) is 24.8. The van der Waals surface area contributed by atoms with E-state index in [9.17, 15) is 15.2 Å². The van der Waals surface area contributed by atoms with Gasteiger partial charge in [-0.1, -0.05) is 35.9 Å². The summed E-state index contributed by atoms with van der Waals surface area (Å²) in [6.45, 7) is -0.218. The number of esters is 1. The number of nitriles is 1. The first-order chi connectivity index (χ1) is 17.0.